The third-order valence-corrected chi connectivity index (χ3v) is 4.69. The summed E-state index contributed by atoms with van der Waals surface area (Å²) in [4.78, 5) is 0.244. The van der Waals surface area contributed by atoms with Gasteiger partial charge in [-0.05, 0) is 25.0 Å². The molecule has 0 unspecified atom stereocenters. The molecule has 0 saturated carbocycles. The summed E-state index contributed by atoms with van der Waals surface area (Å²) >= 11 is 0. The molecule has 0 aromatic heterocycles. The van der Waals surface area contributed by atoms with Crippen molar-refractivity contribution in [1.82, 2.24) is 4.31 Å². The first-order valence-corrected chi connectivity index (χ1v) is 7.86. The number of hydrogen-bond donors (Lipinski definition) is 0. The number of hydrogen-bond acceptors (Lipinski definition) is 4. The molecule has 1 rings (SSSR count). The van der Waals surface area contributed by atoms with Crippen LogP contribution in [-0.2, 0) is 10.0 Å². The Balaban J connectivity index is 2.85. The first-order valence-electron chi connectivity index (χ1n) is 6.42. The third kappa shape index (κ3) is 4.65. The standard InChI is InChI=1S/C14H17N3O2S/c15-10-4-6-12-17(13-7-5-11-16)20(18,19)14-8-2-1-3-9-14/h1-3,8-9H,4-7,12-13H2. The van der Waals surface area contributed by atoms with Crippen LogP contribution in [0.4, 0.5) is 0 Å². The van der Waals surface area contributed by atoms with Crippen molar-refractivity contribution in [2.75, 3.05) is 13.1 Å². The van der Waals surface area contributed by atoms with Gasteiger partial charge in [0.2, 0.25) is 10.0 Å². The van der Waals surface area contributed by atoms with Crippen LogP contribution in [0.3, 0.4) is 0 Å². The van der Waals surface area contributed by atoms with Crippen LogP contribution >= 0.6 is 0 Å². The minimum atomic E-state index is -3.55. The molecule has 0 bridgehead atoms. The average molecular weight is 291 g/mol. The van der Waals surface area contributed by atoms with Crippen molar-refractivity contribution in [1.29, 1.82) is 10.5 Å². The summed E-state index contributed by atoms with van der Waals surface area (Å²) in [5, 5.41) is 17.1. The van der Waals surface area contributed by atoms with E-state index >= 15 is 0 Å². The van der Waals surface area contributed by atoms with Gasteiger partial charge in [-0.15, -0.1) is 0 Å². The molecule has 1 aromatic rings. The van der Waals surface area contributed by atoms with E-state index in [1.54, 1.807) is 30.3 Å². The van der Waals surface area contributed by atoms with E-state index in [4.69, 9.17) is 10.5 Å². The molecule has 106 valence electrons. The van der Waals surface area contributed by atoms with Crippen LogP contribution in [-0.4, -0.2) is 25.8 Å². The molecule has 6 heteroatoms. The van der Waals surface area contributed by atoms with Gasteiger partial charge >= 0.3 is 0 Å². The summed E-state index contributed by atoms with van der Waals surface area (Å²) in [5.74, 6) is 0. The molecular formula is C14H17N3O2S. The zero-order valence-corrected chi connectivity index (χ0v) is 12.0. The smallest absolute Gasteiger partial charge is 0.207 e. The van der Waals surface area contributed by atoms with E-state index in [0.717, 1.165) is 0 Å². The van der Waals surface area contributed by atoms with Crippen LogP contribution in [0.5, 0.6) is 0 Å². The fourth-order valence-electron chi connectivity index (χ4n) is 1.76. The molecular weight excluding hydrogens is 274 g/mol. The van der Waals surface area contributed by atoms with Crippen LogP contribution in [0.15, 0.2) is 35.2 Å². The van der Waals surface area contributed by atoms with Gasteiger partial charge in [-0.2, -0.15) is 14.8 Å². The summed E-state index contributed by atoms with van der Waals surface area (Å²) in [6, 6.07) is 12.2. The maximum Gasteiger partial charge on any atom is 0.243 e. The molecule has 0 amide bonds. The number of benzene rings is 1. The summed E-state index contributed by atoms with van der Waals surface area (Å²) < 4.78 is 26.3. The van der Waals surface area contributed by atoms with Crippen LogP contribution < -0.4 is 0 Å². The molecule has 0 spiro atoms. The van der Waals surface area contributed by atoms with Crippen LogP contribution in [0.1, 0.15) is 25.7 Å². The lowest BCUT2D eigenvalue weighted by Crippen LogP contribution is -2.33. The molecule has 20 heavy (non-hydrogen) atoms. The fraction of sp³-hybridized carbons (Fsp3) is 0.429. The molecule has 0 aliphatic carbocycles. The Hall–Kier alpha value is -1.89. The van der Waals surface area contributed by atoms with E-state index in [0.29, 0.717) is 38.8 Å². The SMILES string of the molecule is N#CCCCN(CCCC#N)S(=O)(=O)c1ccccc1. The van der Waals surface area contributed by atoms with Gasteiger partial charge in [0.1, 0.15) is 0 Å². The maximum atomic E-state index is 12.5. The second-order valence-electron chi connectivity index (χ2n) is 4.24. The predicted molar refractivity (Wildman–Crippen MR) is 74.9 cm³/mol. The largest absolute Gasteiger partial charge is 0.243 e. The van der Waals surface area contributed by atoms with Crippen LogP contribution in [0.2, 0.25) is 0 Å². The highest BCUT2D eigenvalue weighted by Gasteiger charge is 2.23. The number of nitriles is 2. The minimum Gasteiger partial charge on any atom is -0.207 e. The average Bonchev–Trinajstić information content (AvgIpc) is 2.47. The molecule has 0 fully saturated rings. The van der Waals surface area contributed by atoms with Crippen molar-refractivity contribution in [2.24, 2.45) is 0 Å². The van der Waals surface area contributed by atoms with E-state index in [2.05, 4.69) is 0 Å². The second-order valence-corrected chi connectivity index (χ2v) is 6.18. The van der Waals surface area contributed by atoms with E-state index in [1.165, 1.54) is 4.31 Å². The van der Waals surface area contributed by atoms with Crippen molar-refractivity contribution in [3.8, 4) is 12.1 Å². The van der Waals surface area contributed by atoms with Crippen molar-refractivity contribution >= 4 is 10.0 Å². The molecule has 0 heterocycles. The lowest BCUT2D eigenvalue weighted by Gasteiger charge is -2.21. The van der Waals surface area contributed by atoms with Gasteiger partial charge in [-0.25, -0.2) is 8.42 Å². The second kappa shape index (κ2) is 8.31. The van der Waals surface area contributed by atoms with Crippen LogP contribution in [0.25, 0.3) is 0 Å². The van der Waals surface area contributed by atoms with E-state index in [9.17, 15) is 8.42 Å². The Morgan fingerprint density at radius 3 is 1.90 bits per heavy atom. The van der Waals surface area contributed by atoms with Crippen molar-refractivity contribution in [3.63, 3.8) is 0 Å². The Bertz CT molecular complexity index is 565. The van der Waals surface area contributed by atoms with Gasteiger partial charge in [-0.1, -0.05) is 18.2 Å². The molecule has 5 nitrogen and oxygen atoms in total. The Kier molecular flexibility index (Phi) is 6.72. The summed E-state index contributed by atoms with van der Waals surface area (Å²) in [5.41, 5.74) is 0. The zero-order valence-electron chi connectivity index (χ0n) is 11.2. The molecule has 0 atom stereocenters. The van der Waals surface area contributed by atoms with E-state index in [1.807, 2.05) is 12.1 Å². The lowest BCUT2D eigenvalue weighted by molar-refractivity contribution is 0.401. The van der Waals surface area contributed by atoms with Gasteiger partial charge in [0.25, 0.3) is 0 Å². The topological polar surface area (TPSA) is 85.0 Å². The van der Waals surface area contributed by atoms with Crippen molar-refractivity contribution in [2.45, 2.75) is 30.6 Å². The molecule has 0 aliphatic rings. The Labute approximate surface area is 120 Å². The summed E-state index contributed by atoms with van der Waals surface area (Å²) in [6.45, 7) is 0.604. The number of sulfonamides is 1. The Morgan fingerprint density at radius 1 is 0.950 bits per heavy atom. The zero-order chi connectivity index (χ0) is 14.8. The van der Waals surface area contributed by atoms with E-state index < -0.39 is 10.0 Å². The summed E-state index contributed by atoms with van der Waals surface area (Å²) in [6.07, 6.45) is 1.63. The normalized spacial score (nSPS) is 10.9. The highest BCUT2D eigenvalue weighted by atomic mass is 32.2. The third-order valence-electron chi connectivity index (χ3n) is 2.77. The van der Waals surface area contributed by atoms with Crippen molar-refractivity contribution in [3.05, 3.63) is 30.3 Å². The number of nitrogens with zero attached hydrogens (tertiary/aromatic N) is 3. The molecule has 0 radical (unpaired) electrons. The van der Waals surface area contributed by atoms with Gasteiger partial charge in [0.15, 0.2) is 0 Å². The lowest BCUT2D eigenvalue weighted by atomic mass is 10.3. The first kappa shape index (κ1) is 16.2. The molecule has 0 saturated heterocycles. The fourth-order valence-corrected chi connectivity index (χ4v) is 3.30. The monoisotopic (exact) mass is 291 g/mol. The Morgan fingerprint density at radius 2 is 1.45 bits per heavy atom. The van der Waals surface area contributed by atoms with E-state index in [-0.39, 0.29) is 4.90 Å². The molecule has 1 aromatic carbocycles. The quantitative estimate of drug-likeness (QED) is 0.688. The maximum absolute atomic E-state index is 12.5. The molecule has 0 N–H and O–H groups in total. The highest BCUT2D eigenvalue weighted by Crippen LogP contribution is 2.16. The number of rotatable bonds is 8. The van der Waals surface area contributed by atoms with Crippen LogP contribution in [0, 0.1) is 22.7 Å². The number of unbranched alkanes of at least 4 members (excludes halogenated alkanes) is 2. The summed E-state index contributed by atoms with van der Waals surface area (Å²) in [7, 11) is -3.55. The van der Waals surface area contributed by atoms with Gasteiger partial charge in [0, 0.05) is 25.9 Å². The minimum absolute atomic E-state index is 0.244. The van der Waals surface area contributed by atoms with Gasteiger partial charge in [0.05, 0.1) is 17.0 Å². The van der Waals surface area contributed by atoms with Gasteiger partial charge in [-0.3, -0.25) is 0 Å². The molecule has 0 aliphatic heterocycles. The first-order chi connectivity index (χ1) is 9.62. The highest BCUT2D eigenvalue weighted by molar-refractivity contribution is 7.89. The van der Waals surface area contributed by atoms with Crippen molar-refractivity contribution < 1.29 is 8.42 Å². The van der Waals surface area contributed by atoms with Gasteiger partial charge < -0.3 is 0 Å². The predicted octanol–water partition coefficient (Wildman–Crippen LogP) is 2.28.